The summed E-state index contributed by atoms with van der Waals surface area (Å²) in [5.41, 5.74) is 0.362. The maximum Gasteiger partial charge on any atom is 0.220 e. The number of nitrogens with one attached hydrogen (secondary N) is 2. The van der Waals surface area contributed by atoms with Crippen LogP contribution in [-0.2, 0) is 4.79 Å². The van der Waals surface area contributed by atoms with Gasteiger partial charge in [0.15, 0.2) is 0 Å². The van der Waals surface area contributed by atoms with E-state index in [4.69, 9.17) is 0 Å². The Balaban J connectivity index is 1.97. The first-order valence-corrected chi connectivity index (χ1v) is 8.96. The maximum absolute atomic E-state index is 14.0. The molecule has 2 atom stereocenters. The molecule has 0 aliphatic carbocycles. The average molecular weight is 338 g/mol. The van der Waals surface area contributed by atoms with Crippen molar-refractivity contribution in [1.29, 1.82) is 0 Å². The molecule has 2 N–H and O–H groups in total. The van der Waals surface area contributed by atoms with Crippen molar-refractivity contribution in [1.82, 2.24) is 10.6 Å². The quantitative estimate of drug-likeness (QED) is 0.790. The molecule has 1 heterocycles. The average Bonchev–Trinajstić information content (AvgIpc) is 2.55. The Bertz CT molecular complexity index is 544. The molecule has 1 saturated heterocycles. The van der Waals surface area contributed by atoms with E-state index in [2.05, 4.69) is 17.6 Å². The Morgan fingerprint density at radius 1 is 1.33 bits per heavy atom. The Hall–Kier alpha value is -1.49. The fraction of sp³-hybridized carbons (Fsp3) is 0.632. The van der Waals surface area contributed by atoms with Crippen LogP contribution in [0.15, 0.2) is 18.2 Å². The van der Waals surface area contributed by atoms with E-state index in [9.17, 15) is 13.6 Å². The van der Waals surface area contributed by atoms with Crippen molar-refractivity contribution in [3.63, 3.8) is 0 Å². The van der Waals surface area contributed by atoms with Crippen molar-refractivity contribution < 1.29 is 13.6 Å². The number of piperidine rings is 1. The summed E-state index contributed by atoms with van der Waals surface area (Å²) in [5, 5.41) is 6.28. The minimum Gasteiger partial charge on any atom is -0.349 e. The van der Waals surface area contributed by atoms with Crippen LogP contribution in [0.2, 0.25) is 0 Å². The normalized spacial score (nSPS) is 18.2. The van der Waals surface area contributed by atoms with Gasteiger partial charge in [-0.05, 0) is 50.3 Å². The van der Waals surface area contributed by atoms with E-state index in [0.717, 1.165) is 38.4 Å². The van der Waals surface area contributed by atoms with Crippen molar-refractivity contribution >= 4 is 5.91 Å². The SMILES string of the molecule is CCCC(NC(=O)CC(C)C1CCNCC1)c1ccc(F)cc1F. The molecule has 0 radical (unpaired) electrons. The molecule has 5 heteroatoms. The number of hydrogen-bond donors (Lipinski definition) is 2. The first kappa shape index (κ1) is 18.8. The van der Waals surface area contributed by atoms with E-state index in [1.54, 1.807) is 0 Å². The maximum atomic E-state index is 14.0. The molecule has 1 amide bonds. The van der Waals surface area contributed by atoms with E-state index in [1.165, 1.54) is 12.1 Å². The molecule has 3 nitrogen and oxygen atoms in total. The molecule has 1 aliphatic heterocycles. The van der Waals surface area contributed by atoms with Crippen LogP contribution in [0.1, 0.15) is 57.6 Å². The third-order valence-corrected chi connectivity index (χ3v) is 4.95. The van der Waals surface area contributed by atoms with Gasteiger partial charge in [0, 0.05) is 18.1 Å². The van der Waals surface area contributed by atoms with Crippen molar-refractivity contribution in [2.75, 3.05) is 13.1 Å². The Morgan fingerprint density at radius 3 is 2.67 bits per heavy atom. The van der Waals surface area contributed by atoms with Gasteiger partial charge in [0.05, 0.1) is 6.04 Å². The van der Waals surface area contributed by atoms with Gasteiger partial charge in [-0.3, -0.25) is 4.79 Å². The fourth-order valence-corrected chi connectivity index (χ4v) is 3.50. The van der Waals surface area contributed by atoms with Gasteiger partial charge in [0.1, 0.15) is 11.6 Å². The molecular formula is C19H28F2N2O. The summed E-state index contributed by atoms with van der Waals surface area (Å²) in [4.78, 5) is 12.4. The molecule has 2 rings (SSSR count). The highest BCUT2D eigenvalue weighted by Crippen LogP contribution is 2.26. The zero-order valence-electron chi connectivity index (χ0n) is 14.6. The molecule has 24 heavy (non-hydrogen) atoms. The van der Waals surface area contributed by atoms with Gasteiger partial charge in [0.25, 0.3) is 0 Å². The molecule has 1 fully saturated rings. The zero-order valence-corrected chi connectivity index (χ0v) is 14.6. The number of halogens is 2. The lowest BCUT2D eigenvalue weighted by Crippen LogP contribution is -2.34. The van der Waals surface area contributed by atoms with Crippen LogP contribution in [0.25, 0.3) is 0 Å². The van der Waals surface area contributed by atoms with E-state index in [1.807, 2.05) is 6.92 Å². The molecule has 2 unspecified atom stereocenters. The highest BCUT2D eigenvalue weighted by atomic mass is 19.1. The minimum absolute atomic E-state index is 0.0526. The number of amides is 1. The van der Waals surface area contributed by atoms with Crippen molar-refractivity contribution in [3.8, 4) is 0 Å². The third-order valence-electron chi connectivity index (χ3n) is 4.95. The van der Waals surface area contributed by atoms with E-state index in [0.29, 0.717) is 30.2 Å². The predicted octanol–water partition coefficient (Wildman–Crippen LogP) is 3.95. The molecule has 1 aliphatic rings. The third kappa shape index (κ3) is 5.26. The van der Waals surface area contributed by atoms with Gasteiger partial charge in [-0.25, -0.2) is 8.78 Å². The van der Waals surface area contributed by atoms with Crippen LogP contribution in [0.3, 0.4) is 0 Å². The monoisotopic (exact) mass is 338 g/mol. The summed E-state index contributed by atoms with van der Waals surface area (Å²) >= 11 is 0. The summed E-state index contributed by atoms with van der Waals surface area (Å²) in [5.74, 6) is -0.377. The van der Waals surface area contributed by atoms with Crippen molar-refractivity contribution in [2.45, 2.75) is 52.0 Å². The molecular weight excluding hydrogens is 310 g/mol. The number of benzene rings is 1. The fourth-order valence-electron chi connectivity index (χ4n) is 3.50. The van der Waals surface area contributed by atoms with Crippen LogP contribution >= 0.6 is 0 Å². The summed E-state index contributed by atoms with van der Waals surface area (Å²) in [6.45, 7) is 6.12. The lowest BCUT2D eigenvalue weighted by molar-refractivity contribution is -0.123. The molecule has 0 bridgehead atoms. The number of hydrogen-bond acceptors (Lipinski definition) is 2. The summed E-state index contributed by atoms with van der Waals surface area (Å²) in [7, 11) is 0. The van der Waals surface area contributed by atoms with Crippen LogP contribution in [0, 0.1) is 23.5 Å². The smallest absolute Gasteiger partial charge is 0.220 e. The van der Waals surface area contributed by atoms with Crippen LogP contribution < -0.4 is 10.6 Å². The van der Waals surface area contributed by atoms with Gasteiger partial charge in [-0.1, -0.05) is 26.3 Å². The van der Waals surface area contributed by atoms with Gasteiger partial charge in [0.2, 0.25) is 5.91 Å². The van der Waals surface area contributed by atoms with Crippen molar-refractivity contribution in [3.05, 3.63) is 35.4 Å². The van der Waals surface area contributed by atoms with Crippen LogP contribution in [0.5, 0.6) is 0 Å². The largest absolute Gasteiger partial charge is 0.349 e. The molecule has 0 saturated carbocycles. The molecule has 0 aromatic heterocycles. The first-order valence-electron chi connectivity index (χ1n) is 8.96. The zero-order chi connectivity index (χ0) is 17.5. The second-order valence-electron chi connectivity index (χ2n) is 6.84. The van der Waals surface area contributed by atoms with Crippen LogP contribution in [0.4, 0.5) is 8.78 Å². The Kier molecular flexibility index (Phi) is 7.16. The highest BCUT2D eigenvalue weighted by molar-refractivity contribution is 5.76. The summed E-state index contributed by atoms with van der Waals surface area (Å²) < 4.78 is 27.1. The standard InChI is InChI=1S/C19H28F2N2O/c1-3-4-18(16-6-5-15(20)12-17(16)21)23-19(24)11-13(2)14-7-9-22-10-8-14/h5-6,12-14,18,22H,3-4,7-11H2,1-2H3,(H,23,24). The molecule has 0 spiro atoms. The topological polar surface area (TPSA) is 41.1 Å². The number of carbonyl (C=O) groups is 1. The number of carbonyl (C=O) groups excluding carboxylic acids is 1. The lowest BCUT2D eigenvalue weighted by Gasteiger charge is -2.28. The number of rotatable bonds is 7. The Labute approximate surface area is 143 Å². The molecule has 1 aromatic rings. The van der Waals surface area contributed by atoms with Gasteiger partial charge in [-0.2, -0.15) is 0 Å². The second-order valence-corrected chi connectivity index (χ2v) is 6.84. The van der Waals surface area contributed by atoms with Gasteiger partial charge < -0.3 is 10.6 Å². The van der Waals surface area contributed by atoms with Gasteiger partial charge in [-0.15, -0.1) is 0 Å². The van der Waals surface area contributed by atoms with E-state index in [-0.39, 0.29) is 5.91 Å². The van der Waals surface area contributed by atoms with Gasteiger partial charge >= 0.3 is 0 Å². The van der Waals surface area contributed by atoms with Crippen molar-refractivity contribution in [2.24, 2.45) is 11.8 Å². The predicted molar refractivity (Wildman–Crippen MR) is 91.5 cm³/mol. The molecule has 134 valence electrons. The second kappa shape index (κ2) is 9.11. The summed E-state index contributed by atoms with van der Waals surface area (Å²) in [6.07, 6.45) is 4.09. The lowest BCUT2D eigenvalue weighted by atomic mass is 9.84. The summed E-state index contributed by atoms with van der Waals surface area (Å²) in [6, 6.07) is 3.15. The first-order chi connectivity index (χ1) is 11.5. The minimum atomic E-state index is -0.600. The van der Waals surface area contributed by atoms with Crippen LogP contribution in [-0.4, -0.2) is 19.0 Å². The Morgan fingerprint density at radius 2 is 2.04 bits per heavy atom. The van der Waals surface area contributed by atoms with E-state index >= 15 is 0 Å². The van der Waals surface area contributed by atoms with E-state index < -0.39 is 17.7 Å². The molecule has 1 aromatic carbocycles. The highest BCUT2D eigenvalue weighted by Gasteiger charge is 2.24.